The lowest BCUT2D eigenvalue weighted by atomic mass is 10.1. The van der Waals surface area contributed by atoms with Crippen molar-refractivity contribution >= 4 is 17.7 Å². The number of nitrogens with zero attached hydrogens (tertiary/aromatic N) is 1. The predicted molar refractivity (Wildman–Crippen MR) is 117 cm³/mol. The zero-order chi connectivity index (χ0) is 20.9. The molecule has 1 unspecified atom stereocenters. The van der Waals surface area contributed by atoms with E-state index in [-0.39, 0.29) is 12.1 Å². The second kappa shape index (κ2) is 9.79. The van der Waals surface area contributed by atoms with Gasteiger partial charge in [-0.2, -0.15) is 0 Å². The summed E-state index contributed by atoms with van der Waals surface area (Å²) in [6, 6.07) is 17.2. The summed E-state index contributed by atoms with van der Waals surface area (Å²) in [6.07, 6.45) is 0.455. The summed E-state index contributed by atoms with van der Waals surface area (Å²) in [5.41, 5.74) is 2.03. The maximum absolute atomic E-state index is 12.0. The minimum atomic E-state index is -0.428. The Balaban J connectivity index is 1.52. The molecule has 1 saturated heterocycles. The van der Waals surface area contributed by atoms with E-state index in [1.165, 1.54) is 20.9 Å². The molecular formula is C24H31NO3S. The number of carbonyl (C=O) groups is 1. The molecule has 0 saturated carbocycles. The fourth-order valence-corrected chi connectivity index (χ4v) is 4.06. The van der Waals surface area contributed by atoms with Gasteiger partial charge in [-0.1, -0.05) is 41.6 Å². The molecule has 0 bridgehead atoms. The zero-order valence-electron chi connectivity index (χ0n) is 17.8. The molecule has 4 nitrogen and oxygen atoms in total. The zero-order valence-corrected chi connectivity index (χ0v) is 18.6. The molecule has 0 aromatic heterocycles. The van der Waals surface area contributed by atoms with Crippen LogP contribution in [0.15, 0.2) is 58.3 Å². The molecule has 0 radical (unpaired) electrons. The van der Waals surface area contributed by atoms with Gasteiger partial charge in [0.2, 0.25) is 0 Å². The molecular weight excluding hydrogens is 382 g/mol. The molecule has 156 valence electrons. The molecule has 3 rings (SSSR count). The Kier molecular flexibility index (Phi) is 7.38. The molecule has 0 amide bonds. The van der Waals surface area contributed by atoms with E-state index in [1.807, 2.05) is 20.8 Å². The average molecular weight is 414 g/mol. The maximum Gasteiger partial charge on any atom is 0.307 e. The lowest BCUT2D eigenvalue weighted by Crippen LogP contribution is -2.39. The van der Waals surface area contributed by atoms with Gasteiger partial charge in [-0.3, -0.25) is 9.69 Å². The van der Waals surface area contributed by atoms with E-state index >= 15 is 0 Å². The molecule has 2 aromatic rings. The molecule has 2 aromatic carbocycles. The van der Waals surface area contributed by atoms with E-state index in [4.69, 9.17) is 9.47 Å². The monoisotopic (exact) mass is 413 g/mol. The first-order valence-electron chi connectivity index (χ1n) is 10.2. The van der Waals surface area contributed by atoms with Crippen molar-refractivity contribution in [2.45, 2.75) is 55.6 Å². The third kappa shape index (κ3) is 7.18. The lowest BCUT2D eigenvalue weighted by molar-refractivity contribution is -0.155. The van der Waals surface area contributed by atoms with E-state index in [0.717, 1.165) is 13.1 Å². The second-order valence-electron chi connectivity index (χ2n) is 8.48. The summed E-state index contributed by atoms with van der Waals surface area (Å²) in [5, 5.41) is 0. The van der Waals surface area contributed by atoms with Gasteiger partial charge in [0.25, 0.3) is 0 Å². The highest BCUT2D eigenvalue weighted by molar-refractivity contribution is 7.99. The molecule has 0 spiro atoms. The van der Waals surface area contributed by atoms with Crippen molar-refractivity contribution in [1.29, 1.82) is 0 Å². The van der Waals surface area contributed by atoms with Crippen molar-refractivity contribution in [3.05, 3.63) is 59.7 Å². The van der Waals surface area contributed by atoms with Crippen LogP contribution in [0, 0.1) is 6.92 Å². The highest BCUT2D eigenvalue weighted by Gasteiger charge is 2.23. The van der Waals surface area contributed by atoms with Crippen LogP contribution in [0.5, 0.6) is 0 Å². The Morgan fingerprint density at radius 1 is 1.10 bits per heavy atom. The number of carbonyl (C=O) groups excluding carboxylic acids is 1. The Morgan fingerprint density at radius 3 is 2.34 bits per heavy atom. The Hall–Kier alpha value is -1.82. The fraction of sp³-hybridized carbons (Fsp3) is 0.458. The van der Waals surface area contributed by atoms with Gasteiger partial charge in [-0.25, -0.2) is 0 Å². The number of morpholine rings is 1. The summed E-state index contributed by atoms with van der Waals surface area (Å²) in [4.78, 5) is 16.7. The molecule has 0 N–H and O–H groups in total. The number of hydrogen-bond acceptors (Lipinski definition) is 5. The topological polar surface area (TPSA) is 38.8 Å². The first-order valence-corrected chi connectivity index (χ1v) is 11.0. The van der Waals surface area contributed by atoms with Crippen LogP contribution in [0.4, 0.5) is 0 Å². The van der Waals surface area contributed by atoms with Crippen LogP contribution in [0.25, 0.3) is 0 Å². The molecule has 1 aliphatic rings. The maximum atomic E-state index is 12.0. The molecule has 1 heterocycles. The van der Waals surface area contributed by atoms with Gasteiger partial charge in [0.05, 0.1) is 19.1 Å². The van der Waals surface area contributed by atoms with Crippen molar-refractivity contribution < 1.29 is 14.3 Å². The van der Waals surface area contributed by atoms with Gasteiger partial charge in [0.15, 0.2) is 0 Å². The molecule has 1 atom stereocenters. The summed E-state index contributed by atoms with van der Waals surface area (Å²) < 4.78 is 11.4. The highest BCUT2D eigenvalue weighted by atomic mass is 32.2. The quantitative estimate of drug-likeness (QED) is 0.605. The predicted octanol–water partition coefficient (Wildman–Crippen LogP) is 5.25. The first-order chi connectivity index (χ1) is 13.8. The molecule has 29 heavy (non-hydrogen) atoms. The highest BCUT2D eigenvalue weighted by Crippen LogP contribution is 2.30. The Bertz CT molecular complexity index is 796. The SMILES string of the molecule is Cc1ccc(Sc2ccc(C3CN(CCC(=O)OC(C)(C)C)CCO3)cc2)cc1. The van der Waals surface area contributed by atoms with Crippen LogP contribution in [0.2, 0.25) is 0 Å². The van der Waals surface area contributed by atoms with Gasteiger partial charge in [-0.15, -0.1) is 0 Å². The van der Waals surface area contributed by atoms with Crippen molar-refractivity contribution in [3.8, 4) is 0 Å². The number of benzene rings is 2. The summed E-state index contributed by atoms with van der Waals surface area (Å²) in [7, 11) is 0. The molecule has 5 heteroatoms. The van der Waals surface area contributed by atoms with Gasteiger partial charge in [-0.05, 0) is 57.5 Å². The average Bonchev–Trinajstić information content (AvgIpc) is 2.68. The summed E-state index contributed by atoms with van der Waals surface area (Å²) >= 11 is 1.77. The van der Waals surface area contributed by atoms with Crippen LogP contribution in [0.3, 0.4) is 0 Å². The van der Waals surface area contributed by atoms with Gasteiger partial charge in [0, 0.05) is 29.4 Å². The number of esters is 1. The van der Waals surface area contributed by atoms with Crippen molar-refractivity contribution in [2.75, 3.05) is 26.2 Å². The largest absolute Gasteiger partial charge is 0.460 e. The Morgan fingerprint density at radius 2 is 1.72 bits per heavy atom. The van der Waals surface area contributed by atoms with Crippen molar-refractivity contribution in [2.24, 2.45) is 0 Å². The fourth-order valence-electron chi connectivity index (χ4n) is 3.24. The van der Waals surface area contributed by atoms with Crippen molar-refractivity contribution in [1.82, 2.24) is 4.90 Å². The minimum Gasteiger partial charge on any atom is -0.460 e. The van der Waals surface area contributed by atoms with Crippen LogP contribution in [-0.2, 0) is 14.3 Å². The van der Waals surface area contributed by atoms with Crippen LogP contribution >= 0.6 is 11.8 Å². The van der Waals surface area contributed by atoms with E-state index in [9.17, 15) is 4.79 Å². The van der Waals surface area contributed by atoms with E-state index < -0.39 is 5.60 Å². The molecule has 0 aliphatic carbocycles. The normalized spacial score (nSPS) is 17.9. The number of aryl methyl sites for hydroxylation is 1. The molecule has 1 aliphatic heterocycles. The van der Waals surface area contributed by atoms with Crippen molar-refractivity contribution in [3.63, 3.8) is 0 Å². The van der Waals surface area contributed by atoms with E-state index in [2.05, 4.69) is 60.4 Å². The number of hydrogen-bond donors (Lipinski definition) is 0. The van der Waals surface area contributed by atoms with E-state index in [1.54, 1.807) is 11.8 Å². The second-order valence-corrected chi connectivity index (χ2v) is 9.63. The Labute approximate surface area is 178 Å². The number of rotatable bonds is 6. The van der Waals surface area contributed by atoms with Gasteiger partial charge in [0.1, 0.15) is 5.60 Å². The smallest absolute Gasteiger partial charge is 0.307 e. The van der Waals surface area contributed by atoms with Crippen LogP contribution in [-0.4, -0.2) is 42.7 Å². The summed E-state index contributed by atoms with van der Waals surface area (Å²) in [6.45, 7) is 10.8. The lowest BCUT2D eigenvalue weighted by Gasteiger charge is -2.33. The van der Waals surface area contributed by atoms with Gasteiger partial charge >= 0.3 is 5.97 Å². The third-order valence-electron chi connectivity index (χ3n) is 4.71. The third-order valence-corrected chi connectivity index (χ3v) is 5.73. The minimum absolute atomic E-state index is 0.0424. The molecule has 1 fully saturated rings. The summed E-state index contributed by atoms with van der Waals surface area (Å²) in [5.74, 6) is -0.141. The van der Waals surface area contributed by atoms with Gasteiger partial charge < -0.3 is 9.47 Å². The standard InChI is InChI=1S/C24H31NO3S/c1-18-5-9-20(10-6-18)29-21-11-7-19(8-12-21)22-17-25(15-16-27-22)14-13-23(26)28-24(2,3)4/h5-12,22H,13-17H2,1-4H3. The van der Waals surface area contributed by atoms with Crippen LogP contribution in [0.1, 0.15) is 44.4 Å². The number of ether oxygens (including phenoxy) is 2. The first kappa shape index (κ1) is 21.9. The van der Waals surface area contributed by atoms with E-state index in [0.29, 0.717) is 19.6 Å². The van der Waals surface area contributed by atoms with Crippen LogP contribution < -0.4 is 0 Å².